The molecule has 0 fully saturated rings. The Bertz CT molecular complexity index is 552. The third kappa shape index (κ3) is 4.78. The van der Waals surface area contributed by atoms with Crippen molar-refractivity contribution in [1.82, 2.24) is 9.97 Å². The van der Waals surface area contributed by atoms with Gasteiger partial charge < -0.3 is 5.73 Å². The molecule has 19 heavy (non-hydrogen) atoms. The summed E-state index contributed by atoms with van der Waals surface area (Å²) >= 11 is 0. The highest BCUT2D eigenvalue weighted by atomic mass is 32.2. The lowest BCUT2D eigenvalue weighted by atomic mass is 9.95. The summed E-state index contributed by atoms with van der Waals surface area (Å²) in [5.41, 5.74) is 6.00. The smallest absolute Gasteiger partial charge is 0.246 e. The number of hydrogen-bond donors (Lipinski definition) is 1. The van der Waals surface area contributed by atoms with E-state index in [1.54, 1.807) is 6.08 Å². The van der Waals surface area contributed by atoms with Crippen molar-refractivity contribution in [2.75, 3.05) is 6.26 Å². The Balaban J connectivity index is 2.80. The van der Waals surface area contributed by atoms with Crippen LogP contribution < -0.4 is 5.73 Å². The summed E-state index contributed by atoms with van der Waals surface area (Å²) in [6.45, 7) is 3.59. The minimum Gasteiger partial charge on any atom is -0.369 e. The molecule has 2 N–H and O–H groups in total. The first-order chi connectivity index (χ1) is 8.84. The Labute approximate surface area is 112 Å². The highest BCUT2D eigenvalue weighted by Crippen LogP contribution is 2.14. The lowest BCUT2D eigenvalue weighted by molar-refractivity contribution is -0.121. The molecule has 1 heterocycles. The average Bonchev–Trinajstić information content (AvgIpc) is 2.33. The van der Waals surface area contributed by atoms with Gasteiger partial charge in [-0.1, -0.05) is 6.08 Å². The maximum Gasteiger partial charge on any atom is 0.246 e. The number of aromatic nitrogens is 2. The van der Waals surface area contributed by atoms with Gasteiger partial charge in [0, 0.05) is 24.6 Å². The highest BCUT2D eigenvalue weighted by Gasteiger charge is 2.16. The third-order valence-electron chi connectivity index (χ3n) is 2.62. The second kappa shape index (κ2) is 6.42. The first kappa shape index (κ1) is 15.3. The molecule has 1 atom stereocenters. The highest BCUT2D eigenvalue weighted by molar-refractivity contribution is 7.90. The van der Waals surface area contributed by atoms with Gasteiger partial charge in [0.2, 0.25) is 20.9 Å². The van der Waals surface area contributed by atoms with E-state index >= 15 is 0 Å². The summed E-state index contributed by atoms with van der Waals surface area (Å²) in [6.07, 6.45) is 7.27. The zero-order valence-electron chi connectivity index (χ0n) is 10.7. The zero-order valence-corrected chi connectivity index (χ0v) is 11.6. The van der Waals surface area contributed by atoms with Crippen molar-refractivity contribution in [3.05, 3.63) is 30.6 Å². The van der Waals surface area contributed by atoms with Crippen LogP contribution in [0.25, 0.3) is 0 Å². The van der Waals surface area contributed by atoms with E-state index in [-0.39, 0.29) is 11.1 Å². The Kier molecular flexibility index (Phi) is 5.17. The molecule has 104 valence electrons. The van der Waals surface area contributed by atoms with Crippen molar-refractivity contribution < 1.29 is 13.2 Å². The largest absolute Gasteiger partial charge is 0.369 e. The van der Waals surface area contributed by atoms with E-state index in [1.165, 1.54) is 12.4 Å². The molecule has 1 aromatic rings. The maximum absolute atomic E-state index is 11.3. The molecule has 0 radical (unpaired) electrons. The van der Waals surface area contributed by atoms with Crippen LogP contribution in [0, 0.1) is 5.92 Å². The van der Waals surface area contributed by atoms with Gasteiger partial charge in [-0.25, -0.2) is 18.4 Å². The molecule has 0 bridgehead atoms. The molecule has 1 aromatic heterocycles. The molecule has 0 aliphatic heterocycles. The van der Waals surface area contributed by atoms with E-state index in [9.17, 15) is 13.2 Å². The van der Waals surface area contributed by atoms with Crippen molar-refractivity contribution in [2.45, 2.75) is 24.4 Å². The van der Waals surface area contributed by atoms with Crippen molar-refractivity contribution in [3.63, 3.8) is 0 Å². The molecule has 7 heteroatoms. The van der Waals surface area contributed by atoms with E-state index in [1.807, 2.05) is 0 Å². The number of rotatable bonds is 7. The van der Waals surface area contributed by atoms with Crippen molar-refractivity contribution in [1.29, 1.82) is 0 Å². The first-order valence-electron chi connectivity index (χ1n) is 5.75. The van der Waals surface area contributed by atoms with Crippen LogP contribution >= 0.6 is 0 Å². The van der Waals surface area contributed by atoms with E-state index in [0.29, 0.717) is 24.8 Å². The Morgan fingerprint density at radius 1 is 1.47 bits per heavy atom. The van der Waals surface area contributed by atoms with Crippen LogP contribution in [0.1, 0.15) is 18.4 Å². The van der Waals surface area contributed by atoms with E-state index in [2.05, 4.69) is 16.5 Å². The Morgan fingerprint density at radius 2 is 2.05 bits per heavy atom. The number of carbonyl (C=O) groups excluding carboxylic acids is 1. The van der Waals surface area contributed by atoms with E-state index < -0.39 is 15.7 Å². The summed E-state index contributed by atoms with van der Waals surface area (Å²) < 4.78 is 22.4. The lowest BCUT2D eigenvalue weighted by Crippen LogP contribution is -2.25. The number of hydrogen-bond acceptors (Lipinski definition) is 5. The average molecular weight is 283 g/mol. The molecule has 1 rings (SSSR count). The summed E-state index contributed by atoms with van der Waals surface area (Å²) in [6, 6.07) is 0. The predicted octanol–water partition coefficient (Wildman–Crippen LogP) is 0.490. The first-order valence-corrected chi connectivity index (χ1v) is 7.65. The summed E-state index contributed by atoms with van der Waals surface area (Å²) in [7, 11) is -3.41. The van der Waals surface area contributed by atoms with Gasteiger partial charge in [0.05, 0.1) is 0 Å². The van der Waals surface area contributed by atoms with Crippen LogP contribution in [0.5, 0.6) is 0 Å². The number of carbonyl (C=O) groups is 1. The molecule has 0 aliphatic carbocycles. The van der Waals surface area contributed by atoms with Crippen LogP contribution in [-0.2, 0) is 21.1 Å². The number of sulfone groups is 1. The molecule has 1 amide bonds. The van der Waals surface area contributed by atoms with Gasteiger partial charge in [0.1, 0.15) is 0 Å². The van der Waals surface area contributed by atoms with Gasteiger partial charge in [0.25, 0.3) is 0 Å². The number of allylic oxidation sites excluding steroid dienone is 1. The summed E-state index contributed by atoms with van der Waals surface area (Å²) in [4.78, 5) is 18.8. The fourth-order valence-electron chi connectivity index (χ4n) is 1.59. The van der Waals surface area contributed by atoms with Crippen molar-refractivity contribution in [3.8, 4) is 0 Å². The third-order valence-corrected chi connectivity index (χ3v) is 3.49. The Hall–Kier alpha value is -1.76. The van der Waals surface area contributed by atoms with E-state index in [0.717, 1.165) is 6.26 Å². The predicted molar refractivity (Wildman–Crippen MR) is 71.0 cm³/mol. The molecule has 6 nitrogen and oxygen atoms in total. The molecule has 0 saturated carbocycles. The molecule has 0 aromatic carbocycles. The van der Waals surface area contributed by atoms with Gasteiger partial charge in [-0.05, 0) is 24.8 Å². The second-order valence-corrected chi connectivity index (χ2v) is 6.22. The maximum atomic E-state index is 11.3. The molecule has 1 unspecified atom stereocenters. The topological polar surface area (TPSA) is 103 Å². The number of amides is 1. The number of nitrogens with zero attached hydrogens (tertiary/aromatic N) is 2. The second-order valence-electron chi connectivity index (χ2n) is 4.32. The molecular weight excluding hydrogens is 266 g/mol. The van der Waals surface area contributed by atoms with Gasteiger partial charge >= 0.3 is 0 Å². The molecular formula is C12H17N3O3S. The van der Waals surface area contributed by atoms with Gasteiger partial charge in [-0.3, -0.25) is 4.79 Å². The minimum atomic E-state index is -3.41. The quantitative estimate of drug-likeness (QED) is 0.579. The fourth-order valence-corrected chi connectivity index (χ4v) is 2.08. The lowest BCUT2D eigenvalue weighted by Gasteiger charge is -2.11. The monoisotopic (exact) mass is 283 g/mol. The van der Waals surface area contributed by atoms with Crippen LogP contribution in [0.4, 0.5) is 0 Å². The summed E-state index contributed by atoms with van der Waals surface area (Å²) in [5.74, 6) is -0.722. The minimum absolute atomic E-state index is 0.224. The van der Waals surface area contributed by atoms with Crippen molar-refractivity contribution in [2.24, 2.45) is 11.7 Å². The zero-order chi connectivity index (χ0) is 14.5. The van der Waals surface area contributed by atoms with Crippen LogP contribution in [-0.4, -0.2) is 30.5 Å². The van der Waals surface area contributed by atoms with Gasteiger partial charge in [0.15, 0.2) is 0 Å². The van der Waals surface area contributed by atoms with Crippen LogP contribution in [0.2, 0.25) is 0 Å². The number of nitrogens with two attached hydrogens (primary N) is 1. The van der Waals surface area contributed by atoms with E-state index in [4.69, 9.17) is 5.73 Å². The Morgan fingerprint density at radius 3 is 2.47 bits per heavy atom. The summed E-state index contributed by atoms with van der Waals surface area (Å²) in [5, 5.41) is -0.224. The van der Waals surface area contributed by atoms with Crippen LogP contribution in [0.15, 0.2) is 30.2 Å². The SMILES string of the molecule is C=CCCC(Cc1cnc(S(C)(=O)=O)nc1)C(N)=O. The van der Waals surface area contributed by atoms with Gasteiger partial charge in [-0.2, -0.15) is 0 Å². The van der Waals surface area contributed by atoms with Gasteiger partial charge in [-0.15, -0.1) is 6.58 Å². The number of primary amides is 1. The van der Waals surface area contributed by atoms with Crippen molar-refractivity contribution >= 4 is 15.7 Å². The molecule has 0 saturated heterocycles. The molecule has 0 aliphatic rings. The van der Waals surface area contributed by atoms with Crippen LogP contribution in [0.3, 0.4) is 0 Å². The fraction of sp³-hybridized carbons (Fsp3) is 0.417. The normalized spacial score (nSPS) is 12.9. The molecule has 0 spiro atoms. The standard InChI is InChI=1S/C12H17N3O3S/c1-3-4-5-10(11(13)16)6-9-7-14-12(15-8-9)19(2,17)18/h3,7-8,10H,1,4-6H2,2H3,(H2,13,16).